The van der Waals surface area contributed by atoms with Crippen molar-refractivity contribution in [1.82, 2.24) is 9.03 Å². The standard InChI is InChI=1S/C9H19N3O3S/c1-3-15-9-5-7-11-16(13,14)12(2)8-4-6-10/h11H,3-5,7-9H2,1-2H3. The summed E-state index contributed by atoms with van der Waals surface area (Å²) >= 11 is 0. The zero-order chi connectivity index (χ0) is 12.4. The highest BCUT2D eigenvalue weighted by atomic mass is 32.2. The first kappa shape index (κ1) is 15.3. The van der Waals surface area contributed by atoms with Crippen LogP contribution < -0.4 is 4.72 Å². The van der Waals surface area contributed by atoms with Gasteiger partial charge in [-0.3, -0.25) is 0 Å². The second-order valence-electron chi connectivity index (χ2n) is 3.18. The van der Waals surface area contributed by atoms with Crippen molar-refractivity contribution >= 4 is 10.2 Å². The van der Waals surface area contributed by atoms with Gasteiger partial charge in [-0.05, 0) is 13.3 Å². The van der Waals surface area contributed by atoms with Gasteiger partial charge < -0.3 is 4.74 Å². The molecule has 1 N–H and O–H groups in total. The fourth-order valence-electron chi connectivity index (χ4n) is 0.958. The Morgan fingerprint density at radius 2 is 2.19 bits per heavy atom. The summed E-state index contributed by atoms with van der Waals surface area (Å²) in [6.45, 7) is 3.62. The van der Waals surface area contributed by atoms with E-state index >= 15 is 0 Å². The highest BCUT2D eigenvalue weighted by molar-refractivity contribution is 7.87. The minimum absolute atomic E-state index is 0.191. The molecule has 16 heavy (non-hydrogen) atoms. The SMILES string of the molecule is CCOCCCNS(=O)(=O)N(C)CCC#N. The molecule has 0 atom stereocenters. The van der Waals surface area contributed by atoms with E-state index in [1.807, 2.05) is 13.0 Å². The zero-order valence-corrected chi connectivity index (χ0v) is 10.6. The zero-order valence-electron chi connectivity index (χ0n) is 9.77. The molecule has 0 unspecified atom stereocenters. The van der Waals surface area contributed by atoms with Crippen LogP contribution in [0.15, 0.2) is 0 Å². The van der Waals surface area contributed by atoms with Crippen molar-refractivity contribution in [2.24, 2.45) is 0 Å². The van der Waals surface area contributed by atoms with Crippen LogP contribution in [-0.2, 0) is 14.9 Å². The molecule has 0 rings (SSSR count). The second kappa shape index (κ2) is 8.47. The molecule has 0 aromatic rings. The molecule has 7 heteroatoms. The molecule has 0 bridgehead atoms. The lowest BCUT2D eigenvalue weighted by molar-refractivity contribution is 0.146. The van der Waals surface area contributed by atoms with Crippen LogP contribution in [0.2, 0.25) is 0 Å². The molecule has 0 saturated carbocycles. The van der Waals surface area contributed by atoms with Gasteiger partial charge in [0, 0.05) is 39.8 Å². The van der Waals surface area contributed by atoms with Gasteiger partial charge in [0.25, 0.3) is 10.2 Å². The van der Waals surface area contributed by atoms with Crippen LogP contribution in [0.4, 0.5) is 0 Å². The molecule has 0 aromatic carbocycles. The highest BCUT2D eigenvalue weighted by Gasteiger charge is 2.15. The predicted molar refractivity (Wildman–Crippen MR) is 60.9 cm³/mol. The topological polar surface area (TPSA) is 82.4 Å². The normalized spacial score (nSPS) is 11.6. The Bertz CT molecular complexity index is 310. The molecule has 0 aromatic heterocycles. The average molecular weight is 249 g/mol. The van der Waals surface area contributed by atoms with Crippen LogP contribution in [0.3, 0.4) is 0 Å². The molecule has 0 radical (unpaired) electrons. The Morgan fingerprint density at radius 1 is 1.50 bits per heavy atom. The maximum absolute atomic E-state index is 11.5. The molecule has 0 aliphatic rings. The summed E-state index contributed by atoms with van der Waals surface area (Å²) in [4.78, 5) is 0. The van der Waals surface area contributed by atoms with Gasteiger partial charge in [0.2, 0.25) is 0 Å². The maximum atomic E-state index is 11.5. The molecule has 0 spiro atoms. The van der Waals surface area contributed by atoms with Gasteiger partial charge in [-0.1, -0.05) is 0 Å². The monoisotopic (exact) mass is 249 g/mol. The van der Waals surface area contributed by atoms with Crippen LogP contribution in [0.1, 0.15) is 19.8 Å². The van der Waals surface area contributed by atoms with Crippen molar-refractivity contribution in [1.29, 1.82) is 5.26 Å². The number of hydrogen-bond acceptors (Lipinski definition) is 4. The Balaban J connectivity index is 3.82. The third-order valence-electron chi connectivity index (χ3n) is 1.90. The van der Waals surface area contributed by atoms with Gasteiger partial charge in [0.15, 0.2) is 0 Å². The van der Waals surface area contributed by atoms with E-state index in [2.05, 4.69) is 4.72 Å². The Hall–Kier alpha value is -0.680. The first-order valence-electron chi connectivity index (χ1n) is 5.20. The highest BCUT2D eigenvalue weighted by Crippen LogP contribution is 1.95. The quantitative estimate of drug-likeness (QED) is 0.587. The van der Waals surface area contributed by atoms with Crippen molar-refractivity contribution < 1.29 is 13.2 Å². The number of ether oxygens (including phenoxy) is 1. The molecule has 6 nitrogen and oxygen atoms in total. The molecule has 0 amide bonds. The summed E-state index contributed by atoms with van der Waals surface area (Å²) < 4.78 is 31.7. The lowest BCUT2D eigenvalue weighted by Crippen LogP contribution is -2.39. The molecule has 94 valence electrons. The van der Waals surface area contributed by atoms with Crippen LogP contribution in [0.5, 0.6) is 0 Å². The summed E-state index contributed by atoms with van der Waals surface area (Å²) in [7, 11) is -2.00. The van der Waals surface area contributed by atoms with Crippen molar-refractivity contribution in [3.05, 3.63) is 0 Å². The van der Waals surface area contributed by atoms with Gasteiger partial charge in [-0.25, -0.2) is 4.72 Å². The van der Waals surface area contributed by atoms with Gasteiger partial charge >= 0.3 is 0 Å². The lowest BCUT2D eigenvalue weighted by Gasteiger charge is -2.16. The van der Waals surface area contributed by atoms with Crippen molar-refractivity contribution in [2.45, 2.75) is 19.8 Å². The molecular weight excluding hydrogens is 230 g/mol. The Morgan fingerprint density at radius 3 is 2.75 bits per heavy atom. The number of nitriles is 1. The van der Waals surface area contributed by atoms with E-state index in [4.69, 9.17) is 10.00 Å². The number of hydrogen-bond donors (Lipinski definition) is 1. The minimum atomic E-state index is -3.44. The van der Waals surface area contributed by atoms with E-state index in [0.717, 1.165) is 4.31 Å². The third-order valence-corrected chi connectivity index (χ3v) is 3.47. The first-order chi connectivity index (χ1) is 7.54. The molecule has 0 saturated heterocycles. The third kappa shape index (κ3) is 6.74. The van der Waals surface area contributed by atoms with Gasteiger partial charge in [0.1, 0.15) is 0 Å². The summed E-state index contributed by atoms with van der Waals surface area (Å²) in [6.07, 6.45) is 0.829. The molecule has 0 aliphatic heterocycles. The van der Waals surface area contributed by atoms with Gasteiger partial charge in [-0.2, -0.15) is 18.0 Å². The second-order valence-corrected chi connectivity index (χ2v) is 5.04. The fourth-order valence-corrected chi connectivity index (χ4v) is 1.91. The van der Waals surface area contributed by atoms with E-state index in [9.17, 15) is 8.42 Å². The lowest BCUT2D eigenvalue weighted by atomic mass is 10.5. The van der Waals surface area contributed by atoms with E-state index in [0.29, 0.717) is 26.2 Å². The summed E-state index contributed by atoms with van der Waals surface area (Å²) in [5.41, 5.74) is 0. The van der Waals surface area contributed by atoms with Gasteiger partial charge in [0.05, 0.1) is 6.07 Å². The smallest absolute Gasteiger partial charge is 0.279 e. The van der Waals surface area contributed by atoms with E-state index in [1.165, 1.54) is 7.05 Å². The van der Waals surface area contributed by atoms with Crippen molar-refractivity contribution in [3.63, 3.8) is 0 Å². The van der Waals surface area contributed by atoms with Crippen molar-refractivity contribution in [2.75, 3.05) is 33.4 Å². The molecule has 0 heterocycles. The van der Waals surface area contributed by atoms with Crippen LogP contribution in [0.25, 0.3) is 0 Å². The summed E-state index contributed by atoms with van der Waals surface area (Å²) in [6, 6.07) is 1.90. The maximum Gasteiger partial charge on any atom is 0.279 e. The molecule has 0 fully saturated rings. The van der Waals surface area contributed by atoms with E-state index < -0.39 is 10.2 Å². The largest absolute Gasteiger partial charge is 0.382 e. The summed E-state index contributed by atoms with van der Waals surface area (Å²) in [5.74, 6) is 0. The molecular formula is C9H19N3O3S. The average Bonchev–Trinajstić information content (AvgIpc) is 2.25. The van der Waals surface area contributed by atoms with E-state index in [1.54, 1.807) is 0 Å². The number of nitrogens with zero attached hydrogens (tertiary/aromatic N) is 2. The first-order valence-corrected chi connectivity index (χ1v) is 6.64. The number of nitrogens with one attached hydrogen (secondary N) is 1. The van der Waals surface area contributed by atoms with E-state index in [-0.39, 0.29) is 13.0 Å². The fraction of sp³-hybridized carbons (Fsp3) is 0.889. The minimum Gasteiger partial charge on any atom is -0.382 e. The number of rotatable bonds is 9. The Kier molecular flexibility index (Phi) is 8.11. The van der Waals surface area contributed by atoms with Crippen LogP contribution in [-0.4, -0.2) is 46.1 Å². The summed E-state index contributed by atoms with van der Waals surface area (Å²) in [5, 5.41) is 8.35. The van der Waals surface area contributed by atoms with Crippen LogP contribution in [0, 0.1) is 11.3 Å². The van der Waals surface area contributed by atoms with Crippen LogP contribution >= 0.6 is 0 Å². The van der Waals surface area contributed by atoms with Gasteiger partial charge in [-0.15, -0.1) is 0 Å². The van der Waals surface area contributed by atoms with Crippen molar-refractivity contribution in [3.8, 4) is 6.07 Å². The predicted octanol–water partition coefficient (Wildman–Crippen LogP) is 0.0929. The Labute approximate surface area is 97.4 Å². The molecule has 0 aliphatic carbocycles.